The fourth-order valence-corrected chi connectivity index (χ4v) is 3.01. The molecular formula is C13H9BrN4O2S. The lowest BCUT2D eigenvalue weighted by atomic mass is 10.1. The molecule has 0 aliphatic rings. The van der Waals surface area contributed by atoms with Crippen molar-refractivity contribution in [3.8, 4) is 11.3 Å². The molecule has 6 nitrogen and oxygen atoms in total. The molecule has 0 saturated carbocycles. The maximum atomic E-state index is 11.7. The summed E-state index contributed by atoms with van der Waals surface area (Å²) >= 11 is 4.92. The second-order valence-electron chi connectivity index (χ2n) is 4.01. The molecule has 0 unspecified atom stereocenters. The normalized spacial score (nSPS) is 11.1. The van der Waals surface area contributed by atoms with Crippen LogP contribution in [0, 0.1) is 5.21 Å². The quantitative estimate of drug-likeness (QED) is 0.437. The highest BCUT2D eigenvalue weighted by molar-refractivity contribution is 9.11. The van der Waals surface area contributed by atoms with Crippen molar-refractivity contribution in [3.63, 3.8) is 0 Å². The van der Waals surface area contributed by atoms with E-state index in [-0.39, 0.29) is 5.82 Å². The topological polar surface area (TPSA) is 77.4 Å². The standard InChI is InChI=1S/C13H9BrN4O2S/c14-11-7-6-10(21-11)8-15-16-13-12(18(19)20-17-13)9-4-2-1-3-5-9/h1-8H,(H,16,17)/b15-8+. The summed E-state index contributed by atoms with van der Waals surface area (Å²) in [6.07, 6.45) is 1.65. The van der Waals surface area contributed by atoms with Gasteiger partial charge >= 0.3 is 5.82 Å². The minimum atomic E-state index is 0.267. The van der Waals surface area contributed by atoms with Gasteiger partial charge in [0.2, 0.25) is 0 Å². The molecule has 21 heavy (non-hydrogen) atoms. The van der Waals surface area contributed by atoms with Gasteiger partial charge in [-0.3, -0.25) is 4.63 Å². The van der Waals surface area contributed by atoms with Gasteiger partial charge in [0.1, 0.15) is 0 Å². The molecule has 106 valence electrons. The maximum absolute atomic E-state index is 11.7. The third kappa shape index (κ3) is 3.11. The summed E-state index contributed by atoms with van der Waals surface area (Å²) in [6.45, 7) is 0. The van der Waals surface area contributed by atoms with Gasteiger partial charge in [0.25, 0.3) is 5.69 Å². The van der Waals surface area contributed by atoms with Gasteiger partial charge in [-0.15, -0.1) is 11.3 Å². The Balaban J connectivity index is 1.82. The highest BCUT2D eigenvalue weighted by atomic mass is 79.9. The molecule has 8 heteroatoms. The zero-order valence-electron chi connectivity index (χ0n) is 10.6. The minimum absolute atomic E-state index is 0.267. The van der Waals surface area contributed by atoms with Crippen LogP contribution in [0.1, 0.15) is 4.88 Å². The first-order valence-corrected chi connectivity index (χ1v) is 7.54. The van der Waals surface area contributed by atoms with E-state index in [0.717, 1.165) is 8.66 Å². The van der Waals surface area contributed by atoms with Crippen molar-refractivity contribution in [2.75, 3.05) is 5.43 Å². The number of thiophene rings is 1. The average Bonchev–Trinajstić information content (AvgIpc) is 3.06. The van der Waals surface area contributed by atoms with Crippen LogP contribution in [-0.2, 0) is 0 Å². The van der Waals surface area contributed by atoms with Crippen molar-refractivity contribution >= 4 is 39.3 Å². The van der Waals surface area contributed by atoms with Crippen LogP contribution in [0.2, 0.25) is 0 Å². The predicted molar refractivity (Wildman–Crippen MR) is 84.1 cm³/mol. The van der Waals surface area contributed by atoms with Crippen LogP contribution < -0.4 is 10.3 Å². The molecule has 1 aromatic carbocycles. The van der Waals surface area contributed by atoms with Crippen molar-refractivity contribution < 1.29 is 9.53 Å². The number of nitrogens with zero attached hydrogens (tertiary/aromatic N) is 3. The van der Waals surface area contributed by atoms with Gasteiger partial charge in [-0.05, 0) is 33.0 Å². The van der Waals surface area contributed by atoms with Gasteiger partial charge in [-0.1, -0.05) is 30.3 Å². The lowest BCUT2D eigenvalue weighted by Gasteiger charge is -1.97. The van der Waals surface area contributed by atoms with Crippen LogP contribution in [-0.4, -0.2) is 11.4 Å². The van der Waals surface area contributed by atoms with Gasteiger partial charge in [0.15, 0.2) is 0 Å². The summed E-state index contributed by atoms with van der Waals surface area (Å²) in [5, 5.41) is 19.4. The Morgan fingerprint density at radius 1 is 1.29 bits per heavy atom. The predicted octanol–water partition coefficient (Wildman–Crippen LogP) is 3.25. The summed E-state index contributed by atoms with van der Waals surface area (Å²) in [5.74, 6) is 0.267. The number of aromatic nitrogens is 2. The molecular weight excluding hydrogens is 356 g/mol. The fraction of sp³-hybridized carbons (Fsp3) is 0. The van der Waals surface area contributed by atoms with Crippen molar-refractivity contribution in [1.29, 1.82) is 0 Å². The van der Waals surface area contributed by atoms with E-state index in [0.29, 0.717) is 16.2 Å². The summed E-state index contributed by atoms with van der Waals surface area (Å²) in [7, 11) is 0. The SMILES string of the molecule is [O-][n+]1onc(N/N=C/c2ccc(Br)s2)c1-c1ccccc1. The number of halogens is 1. The van der Waals surface area contributed by atoms with Crippen LogP contribution >= 0.6 is 27.3 Å². The Hall–Kier alpha value is -2.19. The number of benzene rings is 1. The van der Waals surface area contributed by atoms with Crippen LogP contribution in [0.5, 0.6) is 0 Å². The van der Waals surface area contributed by atoms with E-state index in [1.165, 1.54) is 0 Å². The molecule has 0 aliphatic carbocycles. The molecule has 1 N–H and O–H groups in total. The molecule has 0 saturated heterocycles. The van der Waals surface area contributed by atoms with Crippen LogP contribution in [0.25, 0.3) is 11.3 Å². The first-order valence-electron chi connectivity index (χ1n) is 5.93. The summed E-state index contributed by atoms with van der Waals surface area (Å²) < 4.78 is 5.65. The number of hydrogen-bond donors (Lipinski definition) is 1. The van der Waals surface area contributed by atoms with Crippen LogP contribution in [0.4, 0.5) is 5.82 Å². The molecule has 2 aromatic heterocycles. The smallest absolute Gasteiger partial charge is 0.335 e. The summed E-state index contributed by atoms with van der Waals surface area (Å²) in [4.78, 5) is 1.32. The molecule has 0 aliphatic heterocycles. The van der Waals surface area contributed by atoms with Gasteiger partial charge in [-0.2, -0.15) is 5.10 Å². The van der Waals surface area contributed by atoms with Crippen molar-refractivity contribution in [1.82, 2.24) is 5.16 Å². The second kappa shape index (κ2) is 6.06. The third-order valence-electron chi connectivity index (χ3n) is 2.62. The number of hydrazone groups is 1. The van der Waals surface area contributed by atoms with Crippen molar-refractivity contribution in [2.24, 2.45) is 5.10 Å². The van der Waals surface area contributed by atoms with Crippen molar-refractivity contribution in [2.45, 2.75) is 0 Å². The Labute approximate surface area is 132 Å². The highest BCUT2D eigenvalue weighted by Gasteiger charge is 2.20. The van der Waals surface area contributed by atoms with Crippen molar-refractivity contribution in [3.05, 3.63) is 56.3 Å². The van der Waals surface area contributed by atoms with Gasteiger partial charge in [0.05, 0.1) is 15.2 Å². The maximum Gasteiger partial charge on any atom is 0.335 e. The molecule has 3 rings (SSSR count). The largest absolute Gasteiger partial charge is 0.359 e. The zero-order valence-corrected chi connectivity index (χ0v) is 13.0. The molecule has 0 atom stereocenters. The van der Waals surface area contributed by atoms with Gasteiger partial charge in [-0.25, -0.2) is 5.43 Å². The number of anilines is 1. The second-order valence-corrected chi connectivity index (χ2v) is 6.50. The zero-order chi connectivity index (χ0) is 14.7. The molecule has 0 amide bonds. The lowest BCUT2D eigenvalue weighted by molar-refractivity contribution is -0.793. The monoisotopic (exact) mass is 364 g/mol. The summed E-state index contributed by atoms with van der Waals surface area (Å²) in [5.41, 5.74) is 3.72. The Morgan fingerprint density at radius 2 is 2.10 bits per heavy atom. The lowest BCUT2D eigenvalue weighted by Crippen LogP contribution is -2.25. The van der Waals surface area contributed by atoms with E-state index in [9.17, 15) is 5.21 Å². The highest BCUT2D eigenvalue weighted by Crippen LogP contribution is 2.23. The first kappa shape index (κ1) is 13.8. The Bertz CT molecular complexity index is 770. The number of hydrogen-bond acceptors (Lipinski definition) is 6. The van der Waals surface area contributed by atoms with E-state index >= 15 is 0 Å². The molecule has 3 aromatic rings. The molecule has 2 heterocycles. The van der Waals surface area contributed by atoms with Crippen LogP contribution in [0.3, 0.4) is 0 Å². The van der Waals surface area contributed by atoms with Gasteiger partial charge < -0.3 is 5.21 Å². The fourth-order valence-electron chi connectivity index (χ4n) is 1.71. The number of rotatable bonds is 4. The molecule has 0 radical (unpaired) electrons. The van der Waals surface area contributed by atoms with E-state index in [1.54, 1.807) is 29.7 Å². The van der Waals surface area contributed by atoms with Crippen LogP contribution in [0.15, 0.2) is 56.0 Å². The molecule has 0 spiro atoms. The Kier molecular flexibility index (Phi) is 3.98. The number of nitrogens with one attached hydrogen (secondary N) is 1. The Morgan fingerprint density at radius 3 is 2.81 bits per heavy atom. The molecule has 0 fully saturated rings. The van der Waals surface area contributed by atoms with E-state index in [2.05, 4.69) is 36.2 Å². The van der Waals surface area contributed by atoms with E-state index in [1.807, 2.05) is 30.3 Å². The van der Waals surface area contributed by atoms with E-state index in [4.69, 9.17) is 0 Å². The first-order chi connectivity index (χ1) is 10.2. The summed E-state index contributed by atoms with van der Waals surface area (Å²) in [6, 6.07) is 13.0. The van der Waals surface area contributed by atoms with E-state index < -0.39 is 0 Å². The minimum Gasteiger partial charge on any atom is -0.359 e. The average molecular weight is 365 g/mol. The molecule has 0 bridgehead atoms. The van der Waals surface area contributed by atoms with Gasteiger partial charge in [0, 0.05) is 10.4 Å². The third-order valence-corrected chi connectivity index (χ3v) is 4.17.